The minimum absolute atomic E-state index is 0.00373. The third kappa shape index (κ3) is 1.90. The molecule has 3 aromatic rings. The van der Waals surface area contributed by atoms with Gasteiger partial charge < -0.3 is 0 Å². The number of fused-ring (bicyclic) bond motifs is 8. The van der Waals surface area contributed by atoms with Gasteiger partial charge in [0.1, 0.15) is 0 Å². The predicted molar refractivity (Wildman–Crippen MR) is 121 cm³/mol. The van der Waals surface area contributed by atoms with Gasteiger partial charge in [0.15, 0.2) is 0 Å². The lowest BCUT2D eigenvalue weighted by Crippen LogP contribution is -2.41. The topological polar surface area (TPSA) is 0 Å². The zero-order valence-electron chi connectivity index (χ0n) is 17.4. The molecule has 0 nitrogen and oxygen atoms in total. The molecule has 0 atom stereocenters. The molecular formula is C29H26. The van der Waals surface area contributed by atoms with Crippen molar-refractivity contribution in [3.05, 3.63) is 123 Å². The van der Waals surface area contributed by atoms with E-state index in [-0.39, 0.29) is 10.8 Å². The fourth-order valence-corrected chi connectivity index (χ4v) is 6.40. The quantitative estimate of drug-likeness (QED) is 0.394. The Bertz CT molecular complexity index is 1180. The van der Waals surface area contributed by atoms with Crippen molar-refractivity contribution in [3.63, 3.8) is 0 Å². The van der Waals surface area contributed by atoms with Crippen molar-refractivity contribution < 1.29 is 0 Å². The number of hydrogen-bond acceptors (Lipinski definition) is 0. The molecule has 142 valence electrons. The van der Waals surface area contributed by atoms with Gasteiger partial charge in [-0.1, -0.05) is 92.7 Å². The van der Waals surface area contributed by atoms with Crippen LogP contribution in [-0.2, 0) is 10.8 Å². The first-order valence-electron chi connectivity index (χ1n) is 10.8. The van der Waals surface area contributed by atoms with E-state index in [1.54, 1.807) is 5.57 Å². The van der Waals surface area contributed by atoms with E-state index in [0.717, 1.165) is 12.8 Å². The summed E-state index contributed by atoms with van der Waals surface area (Å²) < 4.78 is 0. The Labute approximate surface area is 173 Å². The van der Waals surface area contributed by atoms with Gasteiger partial charge in [0, 0.05) is 5.41 Å². The molecule has 0 saturated carbocycles. The molecule has 0 heterocycles. The zero-order chi connectivity index (χ0) is 19.8. The van der Waals surface area contributed by atoms with Crippen LogP contribution < -0.4 is 0 Å². The van der Waals surface area contributed by atoms with Gasteiger partial charge in [-0.15, -0.1) is 0 Å². The molecule has 0 radical (unpaired) electrons. The molecule has 0 fully saturated rings. The molecule has 0 heteroatoms. The number of benzene rings is 3. The monoisotopic (exact) mass is 374 g/mol. The molecule has 29 heavy (non-hydrogen) atoms. The SMILES string of the molecule is Cc1cccc2c1C1=C(CCC=C1)C21c2ccccc2C(C)(C)c2ccccc21. The highest BCUT2D eigenvalue weighted by Crippen LogP contribution is 2.63. The standard InChI is InChI=1S/C29H26/c1-19-11-10-18-26-27(19)20-12-4-5-13-21(20)29(26)24-16-8-6-14-22(24)28(2,3)23-15-7-9-17-25(23)29/h4,6-12,14-18H,5,13H2,1-3H3. The van der Waals surface area contributed by atoms with Crippen molar-refractivity contribution in [3.8, 4) is 0 Å². The van der Waals surface area contributed by atoms with Crippen molar-refractivity contribution in [1.82, 2.24) is 0 Å². The van der Waals surface area contributed by atoms with Gasteiger partial charge in [-0.25, -0.2) is 0 Å². The largest absolute Gasteiger partial charge is 0.0836 e. The van der Waals surface area contributed by atoms with Gasteiger partial charge in [0.05, 0.1) is 5.41 Å². The Morgan fingerprint density at radius 2 is 1.28 bits per heavy atom. The first-order valence-corrected chi connectivity index (χ1v) is 10.8. The molecule has 0 saturated heterocycles. The molecule has 0 aliphatic heterocycles. The van der Waals surface area contributed by atoms with Crippen LogP contribution in [-0.4, -0.2) is 0 Å². The Morgan fingerprint density at radius 3 is 1.93 bits per heavy atom. The first-order chi connectivity index (χ1) is 14.1. The van der Waals surface area contributed by atoms with Crippen LogP contribution in [0.3, 0.4) is 0 Å². The van der Waals surface area contributed by atoms with Crippen LogP contribution in [0.25, 0.3) is 5.57 Å². The Balaban J connectivity index is 1.86. The van der Waals surface area contributed by atoms with Gasteiger partial charge in [0.2, 0.25) is 0 Å². The van der Waals surface area contributed by atoms with Crippen LogP contribution in [0.5, 0.6) is 0 Å². The third-order valence-corrected chi connectivity index (χ3v) is 7.58. The van der Waals surface area contributed by atoms with E-state index in [1.165, 1.54) is 44.5 Å². The highest BCUT2D eigenvalue weighted by Gasteiger charge is 2.54. The summed E-state index contributed by atoms with van der Waals surface area (Å²) in [5.41, 5.74) is 13.1. The lowest BCUT2D eigenvalue weighted by atomic mass is 9.54. The van der Waals surface area contributed by atoms with Crippen molar-refractivity contribution in [2.75, 3.05) is 0 Å². The summed E-state index contributed by atoms with van der Waals surface area (Å²) in [6.45, 7) is 7.05. The minimum atomic E-state index is -0.163. The number of aryl methyl sites for hydroxylation is 1. The van der Waals surface area contributed by atoms with Crippen LogP contribution >= 0.6 is 0 Å². The fraction of sp³-hybridized carbons (Fsp3) is 0.241. The maximum atomic E-state index is 2.40. The summed E-state index contributed by atoms with van der Waals surface area (Å²) in [5.74, 6) is 0. The second-order valence-electron chi connectivity index (χ2n) is 9.30. The number of rotatable bonds is 0. The number of allylic oxidation sites excluding steroid dienone is 4. The molecule has 0 unspecified atom stereocenters. The van der Waals surface area contributed by atoms with E-state index in [0.29, 0.717) is 0 Å². The van der Waals surface area contributed by atoms with Crippen molar-refractivity contribution in [2.45, 2.75) is 44.4 Å². The average Bonchev–Trinajstić information content (AvgIpc) is 3.05. The fourth-order valence-electron chi connectivity index (χ4n) is 6.40. The average molecular weight is 375 g/mol. The maximum absolute atomic E-state index is 2.40. The highest BCUT2D eigenvalue weighted by atomic mass is 14.6. The molecule has 3 aliphatic carbocycles. The van der Waals surface area contributed by atoms with Gasteiger partial charge >= 0.3 is 0 Å². The summed E-state index contributed by atoms with van der Waals surface area (Å²) in [5, 5.41) is 0. The predicted octanol–water partition coefficient (Wildman–Crippen LogP) is 7.09. The van der Waals surface area contributed by atoms with Gasteiger partial charge in [-0.05, 0) is 69.9 Å². The van der Waals surface area contributed by atoms with Crippen LogP contribution in [0, 0.1) is 6.92 Å². The van der Waals surface area contributed by atoms with Crippen LogP contribution in [0.1, 0.15) is 65.6 Å². The molecule has 0 amide bonds. The van der Waals surface area contributed by atoms with E-state index in [2.05, 4.69) is 99.7 Å². The van der Waals surface area contributed by atoms with Gasteiger partial charge in [0.25, 0.3) is 0 Å². The number of hydrogen-bond donors (Lipinski definition) is 0. The summed E-state index contributed by atoms with van der Waals surface area (Å²) in [4.78, 5) is 0. The second kappa shape index (κ2) is 5.60. The van der Waals surface area contributed by atoms with Crippen LogP contribution in [0.15, 0.2) is 84.5 Å². The minimum Gasteiger partial charge on any atom is -0.0836 e. The summed E-state index contributed by atoms with van der Waals surface area (Å²) >= 11 is 0. The van der Waals surface area contributed by atoms with Gasteiger partial charge in [-0.3, -0.25) is 0 Å². The van der Waals surface area contributed by atoms with E-state index >= 15 is 0 Å². The Kier molecular flexibility index (Phi) is 3.29. The van der Waals surface area contributed by atoms with E-state index in [9.17, 15) is 0 Å². The highest BCUT2D eigenvalue weighted by molar-refractivity contribution is 5.93. The van der Waals surface area contributed by atoms with Crippen molar-refractivity contribution >= 4 is 5.57 Å². The van der Waals surface area contributed by atoms with Crippen molar-refractivity contribution in [1.29, 1.82) is 0 Å². The summed E-state index contributed by atoms with van der Waals surface area (Å²) in [6.07, 6.45) is 7.01. The van der Waals surface area contributed by atoms with Crippen LogP contribution in [0.2, 0.25) is 0 Å². The van der Waals surface area contributed by atoms with Crippen LogP contribution in [0.4, 0.5) is 0 Å². The van der Waals surface area contributed by atoms with E-state index < -0.39 is 0 Å². The lowest BCUT2D eigenvalue weighted by molar-refractivity contribution is 0.550. The van der Waals surface area contributed by atoms with E-state index in [1.807, 2.05) is 0 Å². The summed E-state index contributed by atoms with van der Waals surface area (Å²) in [7, 11) is 0. The van der Waals surface area contributed by atoms with E-state index in [4.69, 9.17) is 0 Å². The molecule has 0 aromatic heterocycles. The molecular weight excluding hydrogens is 348 g/mol. The molecule has 3 aromatic carbocycles. The molecule has 3 aliphatic rings. The zero-order valence-corrected chi connectivity index (χ0v) is 17.4. The Morgan fingerprint density at radius 1 is 0.690 bits per heavy atom. The summed E-state index contributed by atoms with van der Waals surface area (Å²) in [6, 6.07) is 25.3. The molecule has 0 bridgehead atoms. The Hall–Kier alpha value is -2.86. The second-order valence-corrected chi connectivity index (χ2v) is 9.30. The normalized spacial score (nSPS) is 19.6. The van der Waals surface area contributed by atoms with Crippen molar-refractivity contribution in [2.24, 2.45) is 0 Å². The maximum Gasteiger partial charge on any atom is 0.0682 e. The first kappa shape index (κ1) is 17.0. The smallest absolute Gasteiger partial charge is 0.0682 e. The van der Waals surface area contributed by atoms with Gasteiger partial charge in [-0.2, -0.15) is 0 Å². The molecule has 1 spiro atoms. The molecule has 0 N–H and O–H groups in total. The third-order valence-electron chi connectivity index (χ3n) is 7.58. The lowest BCUT2D eigenvalue weighted by Gasteiger charge is -2.47. The molecule has 6 rings (SSSR count).